The molecule has 0 bridgehead atoms. The Balaban J connectivity index is 2.31. The van der Waals surface area contributed by atoms with E-state index in [0.29, 0.717) is 12.2 Å². The number of morpholine rings is 1. The number of halogens is 1. The van der Waals surface area contributed by atoms with E-state index in [0.717, 1.165) is 23.2 Å². The normalized spacial score (nSPS) is 18.8. The number of hydrogen-bond donors (Lipinski definition) is 0. The molecular weight excluding hydrogens is 280 g/mol. The van der Waals surface area contributed by atoms with Crippen LogP contribution in [0.2, 0.25) is 0 Å². The molecule has 3 nitrogen and oxygen atoms in total. The van der Waals surface area contributed by atoms with E-state index in [1.807, 2.05) is 18.2 Å². The minimum absolute atomic E-state index is 0.155. The molecule has 1 aromatic carbocycles. The Kier molecular flexibility index (Phi) is 3.41. The third-order valence-electron chi connectivity index (χ3n) is 2.85. The molecule has 1 aliphatic heterocycles. The topological polar surface area (TPSA) is 36.3 Å². The van der Waals surface area contributed by atoms with Crippen LogP contribution in [0, 0.1) is 11.3 Å². The van der Waals surface area contributed by atoms with E-state index in [1.54, 1.807) is 0 Å². The van der Waals surface area contributed by atoms with Gasteiger partial charge in [0.1, 0.15) is 6.07 Å². The third-order valence-corrected chi connectivity index (χ3v) is 3.34. The molecule has 0 N–H and O–H groups in total. The summed E-state index contributed by atoms with van der Waals surface area (Å²) in [6.07, 6.45) is 0. The first-order chi connectivity index (χ1) is 8.02. The molecule has 0 aliphatic carbocycles. The van der Waals surface area contributed by atoms with Gasteiger partial charge in [-0.05, 0) is 32.0 Å². The average molecular weight is 295 g/mol. The van der Waals surface area contributed by atoms with Crippen molar-refractivity contribution in [3.8, 4) is 6.07 Å². The minimum atomic E-state index is -0.155. The summed E-state index contributed by atoms with van der Waals surface area (Å²) in [5.74, 6) is 0. The lowest BCUT2D eigenvalue weighted by molar-refractivity contribution is -0.0277. The Morgan fingerprint density at radius 3 is 2.88 bits per heavy atom. The van der Waals surface area contributed by atoms with E-state index in [1.165, 1.54) is 0 Å². The number of benzene rings is 1. The molecule has 1 saturated heterocycles. The molecule has 0 amide bonds. The summed E-state index contributed by atoms with van der Waals surface area (Å²) in [6.45, 7) is 6.49. The Morgan fingerprint density at radius 2 is 2.24 bits per heavy atom. The molecule has 1 aliphatic rings. The van der Waals surface area contributed by atoms with Crippen molar-refractivity contribution in [1.29, 1.82) is 5.26 Å². The van der Waals surface area contributed by atoms with Crippen molar-refractivity contribution in [2.45, 2.75) is 19.4 Å². The monoisotopic (exact) mass is 294 g/mol. The van der Waals surface area contributed by atoms with E-state index in [4.69, 9.17) is 4.74 Å². The van der Waals surface area contributed by atoms with E-state index in [2.05, 4.69) is 40.7 Å². The van der Waals surface area contributed by atoms with Crippen LogP contribution in [0.15, 0.2) is 22.7 Å². The Bertz CT molecular complexity index is 465. The summed E-state index contributed by atoms with van der Waals surface area (Å²) in [6, 6.07) is 8.07. The van der Waals surface area contributed by atoms with E-state index < -0.39 is 0 Å². The fourth-order valence-electron chi connectivity index (χ4n) is 2.10. The summed E-state index contributed by atoms with van der Waals surface area (Å²) < 4.78 is 6.62. The molecule has 1 fully saturated rings. The van der Waals surface area contributed by atoms with Gasteiger partial charge in [-0.2, -0.15) is 5.26 Å². The van der Waals surface area contributed by atoms with Crippen molar-refractivity contribution >= 4 is 21.6 Å². The third kappa shape index (κ3) is 2.80. The zero-order valence-corrected chi connectivity index (χ0v) is 11.6. The number of nitrogens with zero attached hydrogens (tertiary/aromatic N) is 2. The highest BCUT2D eigenvalue weighted by molar-refractivity contribution is 9.10. The molecule has 0 saturated carbocycles. The summed E-state index contributed by atoms with van der Waals surface area (Å²) >= 11 is 3.39. The van der Waals surface area contributed by atoms with Crippen molar-refractivity contribution in [1.82, 2.24) is 0 Å². The van der Waals surface area contributed by atoms with Gasteiger partial charge in [-0.15, -0.1) is 0 Å². The molecule has 17 heavy (non-hydrogen) atoms. The number of rotatable bonds is 1. The second-order valence-electron chi connectivity index (χ2n) is 4.80. The SMILES string of the molecule is CC1(C)CN(c2ccc(Br)cc2C#N)CCO1. The molecule has 4 heteroatoms. The highest BCUT2D eigenvalue weighted by Crippen LogP contribution is 2.28. The molecule has 2 rings (SSSR count). The molecular formula is C13H15BrN2O. The molecule has 0 atom stereocenters. The lowest BCUT2D eigenvalue weighted by Crippen LogP contribution is -2.48. The maximum absolute atomic E-state index is 9.17. The maximum Gasteiger partial charge on any atom is 0.101 e. The molecule has 1 heterocycles. The van der Waals surface area contributed by atoms with Crippen molar-refractivity contribution in [3.05, 3.63) is 28.2 Å². The number of anilines is 1. The van der Waals surface area contributed by atoms with E-state index >= 15 is 0 Å². The first-order valence-electron chi connectivity index (χ1n) is 5.60. The minimum Gasteiger partial charge on any atom is -0.372 e. The second-order valence-corrected chi connectivity index (χ2v) is 5.72. The molecule has 1 aromatic rings. The van der Waals surface area contributed by atoms with Crippen LogP contribution in [0.5, 0.6) is 0 Å². The van der Waals surface area contributed by atoms with Crippen LogP contribution in [0.25, 0.3) is 0 Å². The first kappa shape index (κ1) is 12.4. The van der Waals surface area contributed by atoms with Crippen molar-refractivity contribution in [2.75, 3.05) is 24.6 Å². The van der Waals surface area contributed by atoms with Crippen LogP contribution in [0.1, 0.15) is 19.4 Å². The maximum atomic E-state index is 9.17. The number of nitriles is 1. The lowest BCUT2D eigenvalue weighted by atomic mass is 10.1. The van der Waals surface area contributed by atoms with Crippen molar-refractivity contribution in [3.63, 3.8) is 0 Å². The van der Waals surface area contributed by atoms with Crippen LogP contribution in [-0.2, 0) is 4.74 Å². The lowest BCUT2D eigenvalue weighted by Gasteiger charge is -2.39. The fraction of sp³-hybridized carbons (Fsp3) is 0.462. The highest BCUT2D eigenvalue weighted by Gasteiger charge is 2.28. The Morgan fingerprint density at radius 1 is 1.47 bits per heavy atom. The average Bonchev–Trinajstić information content (AvgIpc) is 2.27. The standard InChI is InChI=1S/C13H15BrN2O/c1-13(2)9-16(5-6-17-13)12-4-3-11(14)7-10(12)8-15/h3-4,7H,5-6,9H2,1-2H3. The largest absolute Gasteiger partial charge is 0.372 e. The molecule has 0 spiro atoms. The first-order valence-corrected chi connectivity index (χ1v) is 6.40. The number of ether oxygens (including phenoxy) is 1. The van der Waals surface area contributed by atoms with Gasteiger partial charge >= 0.3 is 0 Å². The van der Waals surface area contributed by atoms with E-state index in [-0.39, 0.29) is 5.60 Å². The highest BCUT2D eigenvalue weighted by atomic mass is 79.9. The molecule has 90 valence electrons. The number of hydrogen-bond acceptors (Lipinski definition) is 3. The van der Waals surface area contributed by atoms with Gasteiger partial charge in [0.2, 0.25) is 0 Å². The van der Waals surface area contributed by atoms with Crippen LogP contribution in [0.4, 0.5) is 5.69 Å². The predicted octanol–water partition coefficient (Wildman–Crippen LogP) is 2.94. The fourth-order valence-corrected chi connectivity index (χ4v) is 2.46. The smallest absolute Gasteiger partial charge is 0.101 e. The van der Waals surface area contributed by atoms with Crippen LogP contribution in [-0.4, -0.2) is 25.3 Å². The summed E-state index contributed by atoms with van der Waals surface area (Å²) in [5, 5.41) is 9.17. The molecule has 0 unspecified atom stereocenters. The van der Waals surface area contributed by atoms with Gasteiger partial charge in [-0.25, -0.2) is 0 Å². The van der Waals surface area contributed by atoms with Gasteiger partial charge in [0.25, 0.3) is 0 Å². The quantitative estimate of drug-likeness (QED) is 0.799. The van der Waals surface area contributed by atoms with Gasteiger partial charge in [0.05, 0.1) is 23.5 Å². The van der Waals surface area contributed by atoms with Gasteiger partial charge in [0, 0.05) is 17.6 Å². The molecule has 0 aromatic heterocycles. The summed E-state index contributed by atoms with van der Waals surface area (Å²) in [7, 11) is 0. The van der Waals surface area contributed by atoms with Gasteiger partial charge in [-0.1, -0.05) is 15.9 Å². The zero-order chi connectivity index (χ0) is 12.5. The predicted molar refractivity (Wildman–Crippen MR) is 71.1 cm³/mol. The van der Waals surface area contributed by atoms with Gasteiger partial charge < -0.3 is 9.64 Å². The van der Waals surface area contributed by atoms with Crippen LogP contribution < -0.4 is 4.90 Å². The van der Waals surface area contributed by atoms with Crippen molar-refractivity contribution in [2.24, 2.45) is 0 Å². The molecule has 0 radical (unpaired) electrons. The zero-order valence-electron chi connectivity index (χ0n) is 10.0. The summed E-state index contributed by atoms with van der Waals surface area (Å²) in [5.41, 5.74) is 1.54. The Labute approximate surface area is 110 Å². The van der Waals surface area contributed by atoms with Gasteiger partial charge in [-0.3, -0.25) is 0 Å². The van der Waals surface area contributed by atoms with Crippen molar-refractivity contribution < 1.29 is 4.74 Å². The van der Waals surface area contributed by atoms with Gasteiger partial charge in [0.15, 0.2) is 0 Å². The van der Waals surface area contributed by atoms with Crippen LogP contribution >= 0.6 is 15.9 Å². The summed E-state index contributed by atoms with van der Waals surface area (Å²) in [4.78, 5) is 2.22. The second kappa shape index (κ2) is 4.67. The van der Waals surface area contributed by atoms with E-state index in [9.17, 15) is 5.26 Å². The van der Waals surface area contributed by atoms with Crippen LogP contribution in [0.3, 0.4) is 0 Å². The Hall–Kier alpha value is -1.05.